The van der Waals surface area contributed by atoms with Gasteiger partial charge in [-0.15, -0.1) is 11.3 Å². The van der Waals surface area contributed by atoms with Crippen LogP contribution < -0.4 is 5.43 Å². The average molecular weight is 369 g/mol. The third-order valence-electron chi connectivity index (χ3n) is 4.21. The van der Waals surface area contributed by atoms with E-state index in [9.17, 15) is 14.9 Å². The van der Waals surface area contributed by atoms with E-state index in [-0.39, 0.29) is 11.6 Å². The van der Waals surface area contributed by atoms with Crippen molar-refractivity contribution >= 4 is 35.2 Å². The predicted molar refractivity (Wildman–Crippen MR) is 104 cm³/mol. The highest BCUT2D eigenvalue weighted by Crippen LogP contribution is 2.28. The number of hydrogen-bond acceptors (Lipinski definition) is 5. The Morgan fingerprint density at radius 3 is 2.88 bits per heavy atom. The lowest BCUT2D eigenvalue weighted by Gasteiger charge is -1.96. The van der Waals surface area contributed by atoms with Gasteiger partial charge in [0.05, 0.1) is 15.4 Å². The van der Waals surface area contributed by atoms with Gasteiger partial charge in [0.1, 0.15) is 0 Å². The largest absolute Gasteiger partial charge is 0.281 e. The number of allylic oxidation sites excluding steroid dienone is 1. The van der Waals surface area contributed by atoms with Crippen molar-refractivity contribution in [1.82, 2.24) is 5.43 Å². The van der Waals surface area contributed by atoms with Gasteiger partial charge in [-0.25, -0.2) is 5.43 Å². The van der Waals surface area contributed by atoms with Crippen LogP contribution in [0.3, 0.4) is 0 Å². The summed E-state index contributed by atoms with van der Waals surface area (Å²) in [7, 11) is 0. The number of benzene rings is 1. The van der Waals surface area contributed by atoms with Gasteiger partial charge in [0.2, 0.25) is 0 Å². The van der Waals surface area contributed by atoms with Gasteiger partial charge in [-0.3, -0.25) is 14.9 Å². The molecule has 0 radical (unpaired) electrons. The van der Waals surface area contributed by atoms with Crippen LogP contribution in [0.2, 0.25) is 0 Å². The lowest BCUT2D eigenvalue weighted by molar-refractivity contribution is -0.385. The minimum Gasteiger partial charge on any atom is -0.266 e. The summed E-state index contributed by atoms with van der Waals surface area (Å²) in [5.74, 6) is -0.224. The molecule has 0 spiro atoms. The molecule has 0 saturated carbocycles. The lowest BCUT2D eigenvalue weighted by Crippen LogP contribution is -2.15. The van der Waals surface area contributed by atoms with Crippen LogP contribution >= 0.6 is 11.3 Å². The molecule has 0 unspecified atom stereocenters. The molecular formula is C19H19N3O3S. The van der Waals surface area contributed by atoms with Crippen molar-refractivity contribution in [3.8, 4) is 0 Å². The summed E-state index contributed by atoms with van der Waals surface area (Å²) in [6.07, 6.45) is 10.3. The van der Waals surface area contributed by atoms with Gasteiger partial charge < -0.3 is 0 Å². The van der Waals surface area contributed by atoms with Gasteiger partial charge in [0.25, 0.3) is 11.6 Å². The van der Waals surface area contributed by atoms with Gasteiger partial charge in [0, 0.05) is 17.2 Å². The molecule has 7 heteroatoms. The van der Waals surface area contributed by atoms with Crippen LogP contribution in [0.15, 0.2) is 41.5 Å². The van der Waals surface area contributed by atoms with Crippen molar-refractivity contribution in [2.75, 3.05) is 0 Å². The summed E-state index contributed by atoms with van der Waals surface area (Å²) in [5, 5.41) is 14.8. The fourth-order valence-corrected chi connectivity index (χ4v) is 4.06. The molecule has 0 atom stereocenters. The molecule has 6 nitrogen and oxygen atoms in total. The number of fused-ring (bicyclic) bond motifs is 1. The lowest BCUT2D eigenvalue weighted by atomic mass is 10.1. The molecule has 2 aromatic rings. The highest BCUT2D eigenvalue weighted by Gasteiger charge is 2.16. The Kier molecular flexibility index (Phi) is 5.91. The second kappa shape index (κ2) is 8.53. The Morgan fingerprint density at radius 2 is 2.04 bits per heavy atom. The standard InChI is InChI=1S/C19H19N3O3S/c23-19(18-13-15-8-2-1-3-11-17(15)26-18)21-20-12-6-9-14-7-4-5-10-16(14)22(24)25/h4-7,9-10,12-13H,1-3,8,11H2,(H,21,23)/b9-6+,20-12-. The quantitative estimate of drug-likeness (QED) is 0.368. The van der Waals surface area contributed by atoms with Crippen molar-refractivity contribution in [3.63, 3.8) is 0 Å². The van der Waals surface area contributed by atoms with Crippen LogP contribution in [0.25, 0.3) is 6.08 Å². The minimum absolute atomic E-state index is 0.0290. The zero-order valence-electron chi connectivity index (χ0n) is 14.2. The number of nitrogens with zero attached hydrogens (tertiary/aromatic N) is 2. The fraction of sp³-hybridized carbons (Fsp3) is 0.263. The summed E-state index contributed by atoms with van der Waals surface area (Å²) in [6.45, 7) is 0. The number of thiophene rings is 1. The number of hydrogen-bond donors (Lipinski definition) is 1. The van der Waals surface area contributed by atoms with Crippen LogP contribution in [-0.4, -0.2) is 17.0 Å². The number of hydrazone groups is 1. The zero-order valence-corrected chi connectivity index (χ0v) is 15.0. The van der Waals surface area contributed by atoms with E-state index >= 15 is 0 Å². The number of amides is 1. The first-order chi connectivity index (χ1) is 12.6. The molecule has 0 fully saturated rings. The maximum atomic E-state index is 12.2. The number of nitrogens with one attached hydrogen (secondary N) is 1. The maximum Gasteiger partial charge on any atom is 0.281 e. The third-order valence-corrected chi connectivity index (χ3v) is 5.44. The van der Waals surface area contributed by atoms with E-state index in [0.717, 1.165) is 12.8 Å². The number of aryl methyl sites for hydroxylation is 2. The molecule has 1 aromatic carbocycles. The molecule has 0 aliphatic heterocycles. The molecule has 3 rings (SSSR count). The first-order valence-corrected chi connectivity index (χ1v) is 9.32. The van der Waals surface area contributed by atoms with Crippen molar-refractivity contribution in [2.24, 2.45) is 5.10 Å². The Labute approximate surface area is 155 Å². The molecule has 1 N–H and O–H groups in total. The SMILES string of the molecule is O=C(N/N=C\C=C\c1ccccc1[N+](=O)[O-])c1cc2c(s1)CCCCC2. The number of para-hydroxylation sites is 1. The Balaban J connectivity index is 1.59. The summed E-state index contributed by atoms with van der Waals surface area (Å²) < 4.78 is 0. The summed E-state index contributed by atoms with van der Waals surface area (Å²) in [4.78, 5) is 24.7. The summed E-state index contributed by atoms with van der Waals surface area (Å²) in [5.41, 5.74) is 4.31. The summed E-state index contributed by atoms with van der Waals surface area (Å²) in [6, 6.07) is 8.41. The maximum absolute atomic E-state index is 12.2. The molecule has 0 bridgehead atoms. The molecule has 134 valence electrons. The van der Waals surface area contributed by atoms with E-state index in [2.05, 4.69) is 10.5 Å². The number of nitro groups is 1. The van der Waals surface area contributed by atoms with E-state index in [1.165, 1.54) is 42.0 Å². The van der Waals surface area contributed by atoms with E-state index in [0.29, 0.717) is 10.4 Å². The first kappa shape index (κ1) is 18.0. The minimum atomic E-state index is -0.431. The number of nitro benzene ring substituents is 1. The van der Waals surface area contributed by atoms with E-state index < -0.39 is 4.92 Å². The smallest absolute Gasteiger partial charge is 0.266 e. The zero-order chi connectivity index (χ0) is 18.4. The van der Waals surface area contributed by atoms with Crippen molar-refractivity contribution in [1.29, 1.82) is 0 Å². The van der Waals surface area contributed by atoms with Crippen LogP contribution in [0.5, 0.6) is 0 Å². The van der Waals surface area contributed by atoms with Gasteiger partial charge in [0.15, 0.2) is 0 Å². The average Bonchev–Trinajstić information content (AvgIpc) is 2.92. The van der Waals surface area contributed by atoms with Crippen LogP contribution in [0.1, 0.15) is 44.9 Å². The number of carbonyl (C=O) groups excluding carboxylic acids is 1. The molecule has 0 saturated heterocycles. The fourth-order valence-electron chi connectivity index (χ4n) is 2.91. The van der Waals surface area contributed by atoms with Crippen LogP contribution in [0, 0.1) is 10.1 Å². The third kappa shape index (κ3) is 4.43. The normalized spacial score (nSPS) is 14.3. The first-order valence-electron chi connectivity index (χ1n) is 8.50. The van der Waals surface area contributed by atoms with Gasteiger partial charge in [-0.05, 0) is 55.5 Å². The molecule has 1 heterocycles. The molecule has 1 aromatic heterocycles. The van der Waals surface area contributed by atoms with Crippen LogP contribution in [-0.2, 0) is 12.8 Å². The van der Waals surface area contributed by atoms with Gasteiger partial charge in [-0.2, -0.15) is 5.10 Å². The molecule has 1 aliphatic rings. The Hall–Kier alpha value is -2.80. The van der Waals surface area contributed by atoms with Crippen molar-refractivity contribution in [3.05, 3.63) is 67.4 Å². The van der Waals surface area contributed by atoms with Gasteiger partial charge in [-0.1, -0.05) is 18.6 Å². The van der Waals surface area contributed by atoms with E-state index in [1.807, 2.05) is 6.07 Å². The molecule has 26 heavy (non-hydrogen) atoms. The monoisotopic (exact) mass is 369 g/mol. The van der Waals surface area contributed by atoms with E-state index in [1.54, 1.807) is 41.7 Å². The van der Waals surface area contributed by atoms with Crippen molar-refractivity contribution < 1.29 is 9.72 Å². The molecular weight excluding hydrogens is 350 g/mol. The highest BCUT2D eigenvalue weighted by molar-refractivity contribution is 7.14. The Bertz CT molecular complexity index is 847. The van der Waals surface area contributed by atoms with E-state index in [4.69, 9.17) is 0 Å². The summed E-state index contributed by atoms with van der Waals surface area (Å²) >= 11 is 1.54. The second-order valence-corrected chi connectivity index (χ2v) is 7.15. The van der Waals surface area contributed by atoms with Crippen LogP contribution in [0.4, 0.5) is 5.69 Å². The predicted octanol–water partition coefficient (Wildman–Crippen LogP) is 4.35. The second-order valence-electron chi connectivity index (χ2n) is 6.01. The van der Waals surface area contributed by atoms with Gasteiger partial charge >= 0.3 is 0 Å². The number of rotatable bonds is 5. The number of carbonyl (C=O) groups is 1. The topological polar surface area (TPSA) is 84.6 Å². The molecule has 1 amide bonds. The molecule has 1 aliphatic carbocycles. The van der Waals surface area contributed by atoms with Crippen molar-refractivity contribution in [2.45, 2.75) is 32.1 Å². The highest BCUT2D eigenvalue weighted by atomic mass is 32.1. The Morgan fingerprint density at radius 1 is 1.23 bits per heavy atom.